The summed E-state index contributed by atoms with van der Waals surface area (Å²) in [5.74, 6) is 2.44. The third-order valence-corrected chi connectivity index (χ3v) is 3.16. The summed E-state index contributed by atoms with van der Waals surface area (Å²) in [6, 6.07) is 16.0. The molecule has 0 aliphatic heterocycles. The number of hydrogen-bond acceptors (Lipinski definition) is 3. The van der Waals surface area contributed by atoms with E-state index >= 15 is 0 Å². The molecule has 3 nitrogen and oxygen atoms in total. The first-order chi connectivity index (χ1) is 9.74. The van der Waals surface area contributed by atoms with Crippen LogP contribution >= 0.6 is 0 Å². The minimum atomic E-state index is 0.252. The van der Waals surface area contributed by atoms with Gasteiger partial charge in [-0.25, -0.2) is 0 Å². The number of rotatable bonds is 6. The molecule has 1 N–H and O–H groups in total. The standard InChI is InChI=1S/C17H21NO2/c1-4-18-13(2)16-10-5-6-11-17(16)20-15-9-7-8-14(12-15)19-3/h5-13,18H,4H2,1-3H3. The van der Waals surface area contributed by atoms with E-state index in [2.05, 4.69) is 25.2 Å². The van der Waals surface area contributed by atoms with E-state index in [-0.39, 0.29) is 6.04 Å². The van der Waals surface area contributed by atoms with Gasteiger partial charge in [-0.3, -0.25) is 0 Å². The van der Waals surface area contributed by atoms with Crippen LogP contribution < -0.4 is 14.8 Å². The topological polar surface area (TPSA) is 30.5 Å². The highest BCUT2D eigenvalue weighted by atomic mass is 16.5. The Morgan fingerprint density at radius 3 is 2.55 bits per heavy atom. The summed E-state index contributed by atoms with van der Waals surface area (Å²) in [7, 11) is 1.65. The van der Waals surface area contributed by atoms with Crippen LogP contribution in [0.3, 0.4) is 0 Å². The van der Waals surface area contributed by atoms with Crippen molar-refractivity contribution in [2.75, 3.05) is 13.7 Å². The third-order valence-electron chi connectivity index (χ3n) is 3.16. The summed E-state index contributed by atoms with van der Waals surface area (Å²) >= 11 is 0. The first kappa shape index (κ1) is 14.4. The van der Waals surface area contributed by atoms with Crippen molar-refractivity contribution in [3.05, 3.63) is 54.1 Å². The largest absolute Gasteiger partial charge is 0.497 e. The van der Waals surface area contributed by atoms with Gasteiger partial charge in [0.2, 0.25) is 0 Å². The number of methoxy groups -OCH3 is 1. The molecule has 0 spiro atoms. The maximum absolute atomic E-state index is 6.00. The molecule has 0 heterocycles. The van der Waals surface area contributed by atoms with Crippen molar-refractivity contribution in [2.45, 2.75) is 19.9 Å². The van der Waals surface area contributed by atoms with Gasteiger partial charge in [-0.2, -0.15) is 0 Å². The van der Waals surface area contributed by atoms with E-state index in [4.69, 9.17) is 9.47 Å². The van der Waals surface area contributed by atoms with Crippen molar-refractivity contribution in [3.8, 4) is 17.2 Å². The fraction of sp³-hybridized carbons (Fsp3) is 0.294. The maximum atomic E-state index is 6.00. The van der Waals surface area contributed by atoms with E-state index in [9.17, 15) is 0 Å². The van der Waals surface area contributed by atoms with E-state index < -0.39 is 0 Å². The van der Waals surface area contributed by atoms with Crippen LogP contribution in [0.1, 0.15) is 25.5 Å². The van der Waals surface area contributed by atoms with Gasteiger partial charge in [-0.1, -0.05) is 31.2 Å². The lowest BCUT2D eigenvalue weighted by molar-refractivity contribution is 0.408. The summed E-state index contributed by atoms with van der Waals surface area (Å²) in [4.78, 5) is 0. The molecule has 0 bridgehead atoms. The molecule has 2 aromatic carbocycles. The van der Waals surface area contributed by atoms with E-state index in [0.717, 1.165) is 29.4 Å². The number of hydrogen-bond donors (Lipinski definition) is 1. The van der Waals surface area contributed by atoms with Crippen LogP contribution in [0.5, 0.6) is 17.2 Å². The average molecular weight is 271 g/mol. The predicted octanol–water partition coefficient (Wildman–Crippen LogP) is 4.16. The second-order valence-corrected chi connectivity index (χ2v) is 4.60. The van der Waals surface area contributed by atoms with Crippen molar-refractivity contribution in [2.24, 2.45) is 0 Å². The van der Waals surface area contributed by atoms with Gasteiger partial charge in [0, 0.05) is 17.7 Å². The van der Waals surface area contributed by atoms with Gasteiger partial charge >= 0.3 is 0 Å². The molecule has 0 aliphatic carbocycles. The Kier molecular flexibility index (Phi) is 5.02. The molecule has 1 atom stereocenters. The van der Waals surface area contributed by atoms with Gasteiger partial charge in [0.05, 0.1) is 7.11 Å². The van der Waals surface area contributed by atoms with Crippen LogP contribution in [0.25, 0.3) is 0 Å². The van der Waals surface area contributed by atoms with E-state index in [1.807, 2.05) is 42.5 Å². The zero-order valence-corrected chi connectivity index (χ0v) is 12.2. The molecule has 2 rings (SSSR count). The van der Waals surface area contributed by atoms with E-state index in [0.29, 0.717) is 0 Å². The molecule has 0 fully saturated rings. The average Bonchev–Trinajstić information content (AvgIpc) is 2.48. The Bertz CT molecular complexity index is 554. The molecule has 0 aliphatic rings. The highest BCUT2D eigenvalue weighted by Gasteiger charge is 2.11. The van der Waals surface area contributed by atoms with Crippen LogP contribution in [0.4, 0.5) is 0 Å². The molecule has 20 heavy (non-hydrogen) atoms. The van der Waals surface area contributed by atoms with Gasteiger partial charge < -0.3 is 14.8 Å². The van der Waals surface area contributed by atoms with Crippen molar-refractivity contribution in [1.82, 2.24) is 5.32 Å². The van der Waals surface area contributed by atoms with Gasteiger partial charge in [0.1, 0.15) is 17.2 Å². The van der Waals surface area contributed by atoms with Crippen LogP contribution in [-0.4, -0.2) is 13.7 Å². The highest BCUT2D eigenvalue weighted by molar-refractivity contribution is 5.41. The first-order valence-electron chi connectivity index (χ1n) is 6.88. The minimum Gasteiger partial charge on any atom is -0.497 e. The predicted molar refractivity (Wildman–Crippen MR) is 81.6 cm³/mol. The fourth-order valence-electron chi connectivity index (χ4n) is 2.14. The number of benzene rings is 2. The maximum Gasteiger partial charge on any atom is 0.132 e. The molecule has 0 amide bonds. The van der Waals surface area contributed by atoms with Crippen molar-refractivity contribution < 1.29 is 9.47 Å². The van der Waals surface area contributed by atoms with Gasteiger partial charge in [0.25, 0.3) is 0 Å². The molecule has 0 saturated heterocycles. The molecule has 0 aromatic heterocycles. The zero-order valence-electron chi connectivity index (χ0n) is 12.2. The zero-order chi connectivity index (χ0) is 14.4. The molecule has 3 heteroatoms. The van der Waals surface area contributed by atoms with Gasteiger partial charge in [0.15, 0.2) is 0 Å². The van der Waals surface area contributed by atoms with Crippen LogP contribution in [0.15, 0.2) is 48.5 Å². The lowest BCUT2D eigenvalue weighted by Crippen LogP contribution is -2.18. The van der Waals surface area contributed by atoms with Crippen molar-refractivity contribution in [3.63, 3.8) is 0 Å². The lowest BCUT2D eigenvalue weighted by atomic mass is 10.1. The quantitative estimate of drug-likeness (QED) is 0.855. The summed E-state index contributed by atoms with van der Waals surface area (Å²) in [6.07, 6.45) is 0. The van der Waals surface area contributed by atoms with Crippen molar-refractivity contribution >= 4 is 0 Å². The Morgan fingerprint density at radius 2 is 1.80 bits per heavy atom. The number of nitrogens with one attached hydrogen (secondary N) is 1. The van der Waals surface area contributed by atoms with Gasteiger partial charge in [-0.15, -0.1) is 0 Å². The molecular weight excluding hydrogens is 250 g/mol. The molecular formula is C17H21NO2. The minimum absolute atomic E-state index is 0.252. The number of ether oxygens (including phenoxy) is 2. The number of para-hydroxylation sites is 1. The lowest BCUT2D eigenvalue weighted by Gasteiger charge is -2.17. The van der Waals surface area contributed by atoms with Crippen LogP contribution in [0.2, 0.25) is 0 Å². The second kappa shape index (κ2) is 6.96. The monoisotopic (exact) mass is 271 g/mol. The highest BCUT2D eigenvalue weighted by Crippen LogP contribution is 2.30. The Balaban J connectivity index is 2.24. The van der Waals surface area contributed by atoms with Crippen molar-refractivity contribution in [1.29, 1.82) is 0 Å². The summed E-state index contributed by atoms with van der Waals surface area (Å²) in [5.41, 5.74) is 1.15. The molecule has 106 valence electrons. The normalized spacial score (nSPS) is 11.9. The van der Waals surface area contributed by atoms with Crippen LogP contribution in [0, 0.1) is 0 Å². The molecule has 0 saturated carbocycles. The first-order valence-corrected chi connectivity index (χ1v) is 6.88. The van der Waals surface area contributed by atoms with E-state index in [1.54, 1.807) is 7.11 Å². The smallest absolute Gasteiger partial charge is 0.132 e. The Morgan fingerprint density at radius 1 is 1.05 bits per heavy atom. The van der Waals surface area contributed by atoms with E-state index in [1.165, 1.54) is 0 Å². The fourth-order valence-corrected chi connectivity index (χ4v) is 2.14. The molecule has 0 radical (unpaired) electrons. The molecule has 2 aromatic rings. The third kappa shape index (κ3) is 3.52. The Labute approximate surface area is 120 Å². The second-order valence-electron chi connectivity index (χ2n) is 4.60. The van der Waals surface area contributed by atoms with Crippen LogP contribution in [-0.2, 0) is 0 Å². The SMILES string of the molecule is CCNC(C)c1ccccc1Oc1cccc(OC)c1. The van der Waals surface area contributed by atoms with Gasteiger partial charge in [-0.05, 0) is 31.7 Å². The summed E-state index contributed by atoms with van der Waals surface area (Å²) < 4.78 is 11.2. The molecule has 1 unspecified atom stereocenters. The summed E-state index contributed by atoms with van der Waals surface area (Å²) in [5, 5.41) is 3.41. The Hall–Kier alpha value is -2.00. The summed E-state index contributed by atoms with van der Waals surface area (Å²) in [6.45, 7) is 5.16.